The van der Waals surface area contributed by atoms with Crippen LogP contribution in [0, 0.1) is 0 Å². The van der Waals surface area contributed by atoms with Crippen molar-refractivity contribution < 1.29 is 14.6 Å². The van der Waals surface area contributed by atoms with Gasteiger partial charge in [-0.05, 0) is 24.1 Å². The van der Waals surface area contributed by atoms with Gasteiger partial charge in [0, 0.05) is 17.7 Å². The van der Waals surface area contributed by atoms with Gasteiger partial charge in [-0.1, -0.05) is 24.3 Å². The Kier molecular flexibility index (Phi) is 4.65. The first kappa shape index (κ1) is 15.9. The van der Waals surface area contributed by atoms with E-state index in [9.17, 15) is 5.11 Å². The highest BCUT2D eigenvalue weighted by molar-refractivity contribution is 6.01. The van der Waals surface area contributed by atoms with Crippen molar-refractivity contribution in [2.24, 2.45) is 10.1 Å². The molecule has 0 fully saturated rings. The number of ether oxygens (including phenoxy) is 2. The molecule has 1 aliphatic rings. The zero-order valence-corrected chi connectivity index (χ0v) is 13.6. The maximum Gasteiger partial charge on any atom is 0.200 e. The minimum atomic E-state index is -0.0318. The predicted octanol–water partition coefficient (Wildman–Crippen LogP) is 2.34. The van der Waals surface area contributed by atoms with Crippen molar-refractivity contribution in [2.75, 3.05) is 20.8 Å². The average molecular weight is 325 g/mol. The average Bonchev–Trinajstić information content (AvgIpc) is 2.63. The van der Waals surface area contributed by atoms with Crippen LogP contribution >= 0.6 is 0 Å². The van der Waals surface area contributed by atoms with Crippen molar-refractivity contribution in [1.29, 1.82) is 0 Å². The molecule has 124 valence electrons. The lowest BCUT2D eigenvalue weighted by molar-refractivity contribution is 0.340. The number of phenolic OH excluding ortho intramolecular Hbond substituents is 1. The maximum absolute atomic E-state index is 9.92. The third kappa shape index (κ3) is 3.17. The fourth-order valence-electron chi connectivity index (χ4n) is 2.59. The van der Waals surface area contributed by atoms with E-state index in [1.165, 1.54) is 19.8 Å². The molecule has 0 saturated heterocycles. The molecule has 0 bridgehead atoms. The number of hydrogen-bond donors (Lipinski definition) is 2. The summed E-state index contributed by atoms with van der Waals surface area (Å²) in [5, 5.41) is 14.2. The Bertz CT molecular complexity index is 775. The number of benzene rings is 2. The van der Waals surface area contributed by atoms with Gasteiger partial charge in [0.1, 0.15) is 5.84 Å². The molecule has 0 unspecified atom stereocenters. The Balaban J connectivity index is 1.79. The fraction of sp³-hybridized carbons (Fsp3) is 0.222. The maximum atomic E-state index is 9.92. The Morgan fingerprint density at radius 1 is 1.17 bits per heavy atom. The molecule has 1 heterocycles. The molecule has 0 amide bonds. The summed E-state index contributed by atoms with van der Waals surface area (Å²) in [4.78, 5) is 4.49. The molecule has 2 aromatic carbocycles. The second-order valence-electron chi connectivity index (χ2n) is 5.28. The number of methoxy groups -OCH3 is 2. The van der Waals surface area contributed by atoms with Crippen LogP contribution in [-0.4, -0.2) is 37.9 Å². The second-order valence-corrected chi connectivity index (χ2v) is 5.28. The normalized spacial score (nSPS) is 13.3. The van der Waals surface area contributed by atoms with E-state index < -0.39 is 0 Å². The zero-order chi connectivity index (χ0) is 16.9. The number of amidine groups is 1. The molecule has 0 saturated carbocycles. The summed E-state index contributed by atoms with van der Waals surface area (Å²) in [6, 6.07) is 11.5. The van der Waals surface area contributed by atoms with Gasteiger partial charge in [-0.3, -0.25) is 10.4 Å². The first-order chi connectivity index (χ1) is 11.7. The van der Waals surface area contributed by atoms with Gasteiger partial charge in [0.2, 0.25) is 5.75 Å². The zero-order valence-electron chi connectivity index (χ0n) is 13.6. The third-order valence-corrected chi connectivity index (χ3v) is 3.81. The Labute approximate surface area is 140 Å². The summed E-state index contributed by atoms with van der Waals surface area (Å²) in [5.74, 6) is 1.38. The van der Waals surface area contributed by atoms with Gasteiger partial charge in [0.15, 0.2) is 11.5 Å². The lowest BCUT2D eigenvalue weighted by Crippen LogP contribution is -2.24. The van der Waals surface area contributed by atoms with Crippen molar-refractivity contribution in [3.8, 4) is 17.2 Å². The number of hydrazone groups is 1. The highest BCUT2D eigenvalue weighted by atomic mass is 16.5. The van der Waals surface area contributed by atoms with Gasteiger partial charge >= 0.3 is 0 Å². The van der Waals surface area contributed by atoms with Crippen molar-refractivity contribution in [3.63, 3.8) is 0 Å². The van der Waals surface area contributed by atoms with E-state index in [2.05, 4.69) is 21.6 Å². The van der Waals surface area contributed by atoms with Crippen molar-refractivity contribution >= 4 is 12.1 Å². The molecule has 0 radical (unpaired) electrons. The molecular formula is C18H19N3O3. The van der Waals surface area contributed by atoms with Gasteiger partial charge in [-0.2, -0.15) is 5.10 Å². The summed E-state index contributed by atoms with van der Waals surface area (Å²) in [5.41, 5.74) is 6.06. The number of phenols is 1. The molecule has 0 aromatic heterocycles. The number of nitrogens with zero attached hydrogens (tertiary/aromatic N) is 2. The lowest BCUT2D eigenvalue weighted by atomic mass is 10.0. The van der Waals surface area contributed by atoms with Crippen LogP contribution in [0.5, 0.6) is 17.2 Å². The molecule has 3 rings (SSSR count). The van der Waals surface area contributed by atoms with Crippen LogP contribution in [0.2, 0.25) is 0 Å². The van der Waals surface area contributed by atoms with E-state index in [-0.39, 0.29) is 5.75 Å². The number of fused-ring (bicyclic) bond motifs is 1. The molecule has 0 spiro atoms. The number of nitrogens with one attached hydrogen (secondary N) is 1. The van der Waals surface area contributed by atoms with E-state index in [0.29, 0.717) is 11.5 Å². The van der Waals surface area contributed by atoms with Crippen molar-refractivity contribution in [3.05, 3.63) is 53.1 Å². The number of aliphatic imine (C=N–C) groups is 1. The summed E-state index contributed by atoms with van der Waals surface area (Å²) >= 11 is 0. The SMILES string of the molecule is COc1cc(/C=N/NC2=NCCc3ccccc32)cc(OC)c1O. The number of aromatic hydroxyl groups is 1. The lowest BCUT2D eigenvalue weighted by Gasteiger charge is -2.15. The Morgan fingerprint density at radius 3 is 2.58 bits per heavy atom. The van der Waals surface area contributed by atoms with Gasteiger partial charge in [-0.25, -0.2) is 0 Å². The van der Waals surface area contributed by atoms with Crippen LogP contribution in [-0.2, 0) is 6.42 Å². The van der Waals surface area contributed by atoms with Crippen LogP contribution in [0.25, 0.3) is 0 Å². The highest BCUT2D eigenvalue weighted by Crippen LogP contribution is 2.36. The van der Waals surface area contributed by atoms with E-state index in [0.717, 1.165) is 29.9 Å². The van der Waals surface area contributed by atoms with Crippen LogP contribution < -0.4 is 14.9 Å². The van der Waals surface area contributed by atoms with Gasteiger partial charge < -0.3 is 14.6 Å². The largest absolute Gasteiger partial charge is 0.502 e. The summed E-state index contributed by atoms with van der Waals surface area (Å²) in [6.45, 7) is 0.746. The molecule has 0 atom stereocenters. The second kappa shape index (κ2) is 7.04. The van der Waals surface area contributed by atoms with Crippen LogP contribution in [0.15, 0.2) is 46.5 Å². The molecule has 0 aliphatic carbocycles. The van der Waals surface area contributed by atoms with Crippen LogP contribution in [0.4, 0.5) is 0 Å². The van der Waals surface area contributed by atoms with Gasteiger partial charge in [0.25, 0.3) is 0 Å². The minimum absolute atomic E-state index is 0.0318. The molecule has 1 aliphatic heterocycles. The van der Waals surface area contributed by atoms with Crippen molar-refractivity contribution in [1.82, 2.24) is 5.43 Å². The summed E-state index contributed by atoms with van der Waals surface area (Å²) in [7, 11) is 2.97. The van der Waals surface area contributed by atoms with E-state index in [1.807, 2.05) is 18.2 Å². The molecular weight excluding hydrogens is 306 g/mol. The fourth-order valence-corrected chi connectivity index (χ4v) is 2.59. The van der Waals surface area contributed by atoms with E-state index in [4.69, 9.17) is 9.47 Å². The minimum Gasteiger partial charge on any atom is -0.502 e. The Hall–Kier alpha value is -3.02. The van der Waals surface area contributed by atoms with Crippen molar-refractivity contribution in [2.45, 2.75) is 6.42 Å². The molecule has 2 N–H and O–H groups in total. The standard InChI is InChI=1S/C18H19N3O3/c1-23-15-9-12(10-16(24-2)17(15)22)11-20-21-18-14-6-4-3-5-13(14)7-8-19-18/h3-6,9-11,22H,7-8H2,1-2H3,(H,19,21)/b20-11+. The Morgan fingerprint density at radius 2 is 1.88 bits per heavy atom. The van der Waals surface area contributed by atoms with Crippen LogP contribution in [0.1, 0.15) is 16.7 Å². The third-order valence-electron chi connectivity index (χ3n) is 3.81. The summed E-state index contributed by atoms with van der Waals surface area (Å²) < 4.78 is 10.3. The highest BCUT2D eigenvalue weighted by Gasteiger charge is 2.13. The van der Waals surface area contributed by atoms with E-state index >= 15 is 0 Å². The summed E-state index contributed by atoms with van der Waals surface area (Å²) in [6.07, 6.45) is 2.57. The molecule has 6 heteroatoms. The molecule has 24 heavy (non-hydrogen) atoms. The van der Waals surface area contributed by atoms with Crippen LogP contribution in [0.3, 0.4) is 0 Å². The monoisotopic (exact) mass is 325 g/mol. The number of hydrogen-bond acceptors (Lipinski definition) is 6. The first-order valence-corrected chi connectivity index (χ1v) is 7.59. The van der Waals surface area contributed by atoms with Gasteiger partial charge in [-0.15, -0.1) is 0 Å². The predicted molar refractivity (Wildman–Crippen MR) is 93.5 cm³/mol. The van der Waals surface area contributed by atoms with Gasteiger partial charge in [0.05, 0.1) is 20.4 Å². The molecule has 2 aromatic rings. The first-order valence-electron chi connectivity index (χ1n) is 7.59. The smallest absolute Gasteiger partial charge is 0.200 e. The topological polar surface area (TPSA) is 75.4 Å². The molecule has 6 nitrogen and oxygen atoms in total. The quantitative estimate of drug-likeness (QED) is 0.668. The number of rotatable bonds is 4. The van der Waals surface area contributed by atoms with E-state index in [1.54, 1.807) is 18.3 Å².